The molecule has 0 bridgehead atoms. The Labute approximate surface area is 98.8 Å². The minimum Gasteiger partial charge on any atom is -0.289 e. The molecule has 0 N–H and O–H groups in total. The van der Waals surface area contributed by atoms with E-state index in [1.54, 1.807) is 0 Å². The van der Waals surface area contributed by atoms with Gasteiger partial charge in [-0.05, 0) is 28.5 Å². The van der Waals surface area contributed by atoms with Crippen molar-refractivity contribution in [3.8, 4) is 0 Å². The van der Waals surface area contributed by atoms with Crippen LogP contribution in [0.1, 0.15) is 0 Å². The number of hydrogen-bond donors (Lipinski definition) is 0. The van der Waals surface area contributed by atoms with Crippen molar-refractivity contribution in [3.05, 3.63) is 0 Å². The highest BCUT2D eigenvalue weighted by molar-refractivity contribution is 8.08. The third kappa shape index (κ3) is 9.98. The van der Waals surface area contributed by atoms with E-state index < -0.39 is 10.3 Å². The topological polar surface area (TPSA) is 17.1 Å². The van der Waals surface area contributed by atoms with Crippen LogP contribution in [0.2, 0.25) is 6.04 Å². The van der Waals surface area contributed by atoms with Crippen LogP contribution in [0.4, 0.5) is 0 Å². The van der Waals surface area contributed by atoms with Gasteiger partial charge < -0.3 is 0 Å². The Morgan fingerprint density at radius 1 is 1.25 bits per heavy atom. The molecular formula is C4H6Cl5OPSi. The number of halogens is 5. The lowest BCUT2D eigenvalue weighted by molar-refractivity contribution is 0.592. The van der Waals surface area contributed by atoms with Crippen molar-refractivity contribution in [2.45, 2.75) is 15.9 Å². The summed E-state index contributed by atoms with van der Waals surface area (Å²) in [6.07, 6.45) is 0.102. The molecule has 0 rings (SSSR count). The van der Waals surface area contributed by atoms with Crippen LogP contribution in [0, 0.1) is 0 Å². The van der Waals surface area contributed by atoms with Crippen LogP contribution in [0.15, 0.2) is 0 Å². The molecule has 0 saturated heterocycles. The minimum absolute atomic E-state index is 0.102. The molecule has 0 aromatic rings. The second kappa shape index (κ2) is 6.39. The Kier molecular flexibility index (Phi) is 7.40. The average Bonchev–Trinajstić information content (AvgIpc) is 1.79. The van der Waals surface area contributed by atoms with Crippen molar-refractivity contribution >= 4 is 72.7 Å². The molecule has 0 saturated carbocycles. The van der Waals surface area contributed by atoms with Gasteiger partial charge in [-0.3, -0.25) is 4.57 Å². The fraction of sp³-hybridized carbons (Fsp3) is 1.00. The fourth-order valence-corrected chi connectivity index (χ4v) is 4.73. The highest BCUT2D eigenvalue weighted by Gasteiger charge is 2.20. The summed E-state index contributed by atoms with van der Waals surface area (Å²) in [4.78, 5) is 0. The summed E-state index contributed by atoms with van der Waals surface area (Å²) in [7, 11) is 0.315. The molecule has 0 spiro atoms. The molecule has 0 fully saturated rings. The van der Waals surface area contributed by atoms with Crippen molar-refractivity contribution in [1.82, 2.24) is 0 Å². The molecular weight excluding hydrogens is 300 g/mol. The monoisotopic (exact) mass is 304 g/mol. The average molecular weight is 306 g/mol. The summed E-state index contributed by atoms with van der Waals surface area (Å²) in [5, 5.41) is -0.316. The normalized spacial score (nSPS) is 15.2. The van der Waals surface area contributed by atoms with Crippen LogP contribution in [0.5, 0.6) is 0 Å². The Balaban J connectivity index is 3.60. The molecule has 0 heterocycles. The molecule has 1 atom stereocenters. The maximum Gasteiger partial charge on any atom is 0.254 e. The largest absolute Gasteiger partial charge is 0.289 e. The molecule has 72 valence electrons. The van der Waals surface area contributed by atoms with Gasteiger partial charge in [0, 0.05) is 11.5 Å². The number of rotatable bonds is 5. The van der Waals surface area contributed by atoms with E-state index >= 15 is 0 Å². The van der Waals surface area contributed by atoms with E-state index in [0.717, 1.165) is 0 Å². The molecule has 0 amide bonds. The SMILES string of the molecule is O=P(Cl)(Cl)CC(Cl)C[Si]C(Cl)Cl. The van der Waals surface area contributed by atoms with Gasteiger partial charge in [0.05, 0.1) is 14.0 Å². The van der Waals surface area contributed by atoms with Crippen molar-refractivity contribution in [3.63, 3.8) is 0 Å². The van der Waals surface area contributed by atoms with E-state index in [4.69, 9.17) is 57.3 Å². The Bertz CT molecular complexity index is 171. The zero-order valence-corrected chi connectivity index (χ0v) is 11.5. The molecule has 0 aliphatic carbocycles. The predicted molar refractivity (Wildman–Crippen MR) is 59.9 cm³/mol. The summed E-state index contributed by atoms with van der Waals surface area (Å²) in [6, 6.07) is 0.586. The van der Waals surface area contributed by atoms with Gasteiger partial charge in [-0.1, -0.05) is 0 Å². The van der Waals surface area contributed by atoms with E-state index in [2.05, 4.69) is 0 Å². The van der Waals surface area contributed by atoms with Gasteiger partial charge in [-0.2, -0.15) is 0 Å². The van der Waals surface area contributed by atoms with Gasteiger partial charge in [-0.15, -0.1) is 34.8 Å². The molecule has 0 aliphatic heterocycles. The quantitative estimate of drug-likeness (QED) is 0.424. The lowest BCUT2D eigenvalue weighted by Crippen LogP contribution is -2.11. The molecule has 0 aliphatic rings. The third-order valence-electron chi connectivity index (χ3n) is 0.904. The molecule has 1 unspecified atom stereocenters. The van der Waals surface area contributed by atoms with Gasteiger partial charge in [-0.25, -0.2) is 0 Å². The first kappa shape index (κ1) is 13.9. The molecule has 2 radical (unpaired) electrons. The van der Waals surface area contributed by atoms with Crippen molar-refractivity contribution in [1.29, 1.82) is 0 Å². The summed E-state index contributed by atoms with van der Waals surface area (Å²) >= 11 is 27.3. The summed E-state index contributed by atoms with van der Waals surface area (Å²) < 4.78 is 10.4. The summed E-state index contributed by atoms with van der Waals surface area (Å²) in [6.45, 7) is 0. The maximum absolute atomic E-state index is 10.9. The zero-order chi connectivity index (χ0) is 9.78. The summed E-state index contributed by atoms with van der Waals surface area (Å²) in [5.41, 5.74) is 0. The van der Waals surface area contributed by atoms with Crippen LogP contribution in [0.3, 0.4) is 0 Å². The van der Waals surface area contributed by atoms with Crippen molar-refractivity contribution in [2.75, 3.05) is 6.16 Å². The number of alkyl halides is 3. The van der Waals surface area contributed by atoms with E-state index in [9.17, 15) is 4.57 Å². The van der Waals surface area contributed by atoms with Crippen LogP contribution in [-0.4, -0.2) is 25.5 Å². The zero-order valence-electron chi connectivity index (χ0n) is 5.81. The third-order valence-corrected chi connectivity index (χ3v) is 5.34. The molecule has 0 aromatic carbocycles. The Hall–Kier alpha value is 1.90. The van der Waals surface area contributed by atoms with Gasteiger partial charge in [0.2, 0.25) is 0 Å². The molecule has 8 heteroatoms. The second-order valence-electron chi connectivity index (χ2n) is 2.06. The van der Waals surface area contributed by atoms with E-state index in [1.807, 2.05) is 0 Å². The second-order valence-corrected chi connectivity index (χ2v) is 11.2. The van der Waals surface area contributed by atoms with Gasteiger partial charge in [0.25, 0.3) is 5.85 Å². The smallest absolute Gasteiger partial charge is 0.254 e. The molecule has 0 aromatic heterocycles. The first-order valence-electron chi connectivity index (χ1n) is 2.95. The van der Waals surface area contributed by atoms with Crippen molar-refractivity contribution in [2.24, 2.45) is 0 Å². The van der Waals surface area contributed by atoms with Crippen LogP contribution in [-0.2, 0) is 4.57 Å². The first-order chi connectivity index (χ1) is 5.31. The molecule has 12 heavy (non-hydrogen) atoms. The summed E-state index contributed by atoms with van der Waals surface area (Å²) in [5.74, 6) is -3.05. The first-order valence-corrected chi connectivity index (χ1v) is 9.25. The maximum atomic E-state index is 10.9. The minimum atomic E-state index is -3.05. The van der Waals surface area contributed by atoms with Gasteiger partial charge in [0.1, 0.15) is 0 Å². The van der Waals surface area contributed by atoms with Crippen LogP contribution < -0.4 is 0 Å². The predicted octanol–water partition coefficient (Wildman–Crippen LogP) is 4.15. The van der Waals surface area contributed by atoms with Crippen LogP contribution in [0.25, 0.3) is 0 Å². The molecule has 1 nitrogen and oxygen atoms in total. The Morgan fingerprint density at radius 3 is 2.08 bits per heavy atom. The Morgan fingerprint density at radius 2 is 1.75 bits per heavy atom. The van der Waals surface area contributed by atoms with E-state index in [-0.39, 0.29) is 11.5 Å². The van der Waals surface area contributed by atoms with Crippen molar-refractivity contribution < 1.29 is 4.57 Å². The highest BCUT2D eigenvalue weighted by Crippen LogP contribution is 2.57. The van der Waals surface area contributed by atoms with E-state index in [1.165, 1.54) is 0 Å². The van der Waals surface area contributed by atoms with E-state index in [0.29, 0.717) is 15.6 Å². The fourth-order valence-electron chi connectivity index (χ4n) is 0.512. The van der Waals surface area contributed by atoms with Gasteiger partial charge >= 0.3 is 0 Å². The standard InChI is InChI=1S/C4H6Cl5OPSi/c5-3(1-11(8,9)10)2-12-4(6)7/h3-4H,1-2H2. The number of hydrogen-bond acceptors (Lipinski definition) is 1. The lowest BCUT2D eigenvalue weighted by Gasteiger charge is -2.08. The lowest BCUT2D eigenvalue weighted by atomic mass is 10.6. The van der Waals surface area contributed by atoms with Gasteiger partial charge in [0.15, 0.2) is 0 Å². The van der Waals surface area contributed by atoms with Crippen LogP contribution >= 0.6 is 63.1 Å². The highest BCUT2D eigenvalue weighted by atomic mass is 35.9.